The fourth-order valence-electron chi connectivity index (χ4n) is 2.83. The van der Waals surface area contributed by atoms with Crippen molar-refractivity contribution in [1.82, 2.24) is 9.80 Å². The maximum absolute atomic E-state index is 11.2. The molecule has 1 fully saturated rings. The van der Waals surface area contributed by atoms with Crippen molar-refractivity contribution in [3.05, 3.63) is 11.8 Å². The molecular weight excluding hydrogens is 188 g/mol. The molecule has 2 aliphatic rings. The lowest BCUT2D eigenvalue weighted by Gasteiger charge is -2.30. The van der Waals surface area contributed by atoms with E-state index in [0.717, 1.165) is 13.0 Å². The number of allylic oxidation sites excluding steroid dienone is 2. The summed E-state index contributed by atoms with van der Waals surface area (Å²) >= 11 is 0. The number of ketones is 1. The highest BCUT2D eigenvalue weighted by Gasteiger charge is 2.34. The Kier molecular flexibility index (Phi) is 2.83. The zero-order chi connectivity index (χ0) is 11.0. The van der Waals surface area contributed by atoms with Gasteiger partial charge in [0.25, 0.3) is 0 Å². The van der Waals surface area contributed by atoms with Crippen LogP contribution in [0.3, 0.4) is 0 Å². The molecule has 2 rings (SSSR count). The summed E-state index contributed by atoms with van der Waals surface area (Å²) < 4.78 is 0. The standard InChI is InChI=1S/C12H20N2O/c1-9-12(13(2)3)6-7-14(9)10-4-5-11(15)8-10/h8-9,12H,4-7H2,1-3H3. The summed E-state index contributed by atoms with van der Waals surface area (Å²) in [6.45, 7) is 3.37. The van der Waals surface area contributed by atoms with E-state index < -0.39 is 0 Å². The van der Waals surface area contributed by atoms with E-state index in [1.54, 1.807) is 0 Å². The Bertz CT molecular complexity index is 296. The number of likely N-dealkylation sites (N-methyl/N-ethyl adjacent to an activating group) is 1. The van der Waals surface area contributed by atoms with Crippen LogP contribution in [0.2, 0.25) is 0 Å². The van der Waals surface area contributed by atoms with Gasteiger partial charge in [-0.25, -0.2) is 0 Å². The van der Waals surface area contributed by atoms with Gasteiger partial charge in [0.05, 0.1) is 0 Å². The predicted octanol–water partition coefficient (Wildman–Crippen LogP) is 1.26. The minimum atomic E-state index is 0.297. The molecule has 1 aliphatic heterocycles. The number of hydrogen-bond donors (Lipinski definition) is 0. The van der Waals surface area contributed by atoms with Crippen molar-refractivity contribution in [2.75, 3.05) is 20.6 Å². The van der Waals surface area contributed by atoms with Crippen molar-refractivity contribution in [2.24, 2.45) is 0 Å². The van der Waals surface area contributed by atoms with Gasteiger partial charge in [-0.05, 0) is 33.9 Å². The molecule has 2 unspecified atom stereocenters. The van der Waals surface area contributed by atoms with Gasteiger partial charge in [0, 0.05) is 36.8 Å². The van der Waals surface area contributed by atoms with Crippen LogP contribution < -0.4 is 0 Å². The van der Waals surface area contributed by atoms with Crippen LogP contribution in [0.15, 0.2) is 11.8 Å². The van der Waals surface area contributed by atoms with Crippen molar-refractivity contribution in [3.63, 3.8) is 0 Å². The summed E-state index contributed by atoms with van der Waals surface area (Å²) in [5.41, 5.74) is 1.26. The molecule has 0 aromatic rings. The summed E-state index contributed by atoms with van der Waals surface area (Å²) in [7, 11) is 4.28. The Hall–Kier alpha value is -0.830. The Morgan fingerprint density at radius 2 is 2.13 bits per heavy atom. The Labute approximate surface area is 91.7 Å². The van der Waals surface area contributed by atoms with Crippen LogP contribution in [0.1, 0.15) is 26.2 Å². The van der Waals surface area contributed by atoms with Crippen molar-refractivity contribution in [2.45, 2.75) is 38.3 Å². The largest absolute Gasteiger partial charge is 0.370 e. The topological polar surface area (TPSA) is 23.6 Å². The van der Waals surface area contributed by atoms with Crippen LogP contribution >= 0.6 is 0 Å². The maximum Gasteiger partial charge on any atom is 0.157 e. The normalized spacial score (nSPS) is 31.6. The average Bonchev–Trinajstić information content (AvgIpc) is 2.71. The lowest BCUT2D eigenvalue weighted by Crippen LogP contribution is -2.39. The third kappa shape index (κ3) is 1.93. The Morgan fingerprint density at radius 3 is 2.60 bits per heavy atom. The van der Waals surface area contributed by atoms with Crippen molar-refractivity contribution in [1.29, 1.82) is 0 Å². The van der Waals surface area contributed by atoms with Gasteiger partial charge in [0.15, 0.2) is 5.78 Å². The van der Waals surface area contributed by atoms with Crippen LogP contribution in [0.4, 0.5) is 0 Å². The van der Waals surface area contributed by atoms with Crippen LogP contribution in [-0.4, -0.2) is 48.3 Å². The molecule has 0 saturated carbocycles. The van der Waals surface area contributed by atoms with Crippen LogP contribution in [-0.2, 0) is 4.79 Å². The second-order valence-corrected chi connectivity index (χ2v) is 4.86. The third-order valence-corrected chi connectivity index (χ3v) is 3.70. The van der Waals surface area contributed by atoms with Crippen LogP contribution in [0.5, 0.6) is 0 Å². The van der Waals surface area contributed by atoms with E-state index in [4.69, 9.17) is 0 Å². The fraction of sp³-hybridized carbons (Fsp3) is 0.750. The number of rotatable bonds is 2. The lowest BCUT2D eigenvalue weighted by molar-refractivity contribution is -0.114. The molecule has 0 radical (unpaired) electrons. The van der Waals surface area contributed by atoms with Gasteiger partial charge in [-0.15, -0.1) is 0 Å². The van der Waals surface area contributed by atoms with E-state index in [0.29, 0.717) is 24.3 Å². The third-order valence-electron chi connectivity index (χ3n) is 3.70. The summed E-state index contributed by atoms with van der Waals surface area (Å²) in [4.78, 5) is 15.9. The molecule has 84 valence electrons. The second kappa shape index (κ2) is 3.97. The predicted molar refractivity (Wildman–Crippen MR) is 60.6 cm³/mol. The number of nitrogens with zero attached hydrogens (tertiary/aromatic N) is 2. The molecule has 3 nitrogen and oxygen atoms in total. The van der Waals surface area contributed by atoms with Gasteiger partial charge in [0.1, 0.15) is 0 Å². The molecule has 1 saturated heterocycles. The van der Waals surface area contributed by atoms with E-state index in [9.17, 15) is 4.79 Å². The number of hydrogen-bond acceptors (Lipinski definition) is 3. The van der Waals surface area contributed by atoms with Gasteiger partial charge >= 0.3 is 0 Å². The average molecular weight is 208 g/mol. The van der Waals surface area contributed by atoms with Crippen LogP contribution in [0.25, 0.3) is 0 Å². The molecule has 15 heavy (non-hydrogen) atoms. The molecule has 0 N–H and O–H groups in total. The molecule has 1 heterocycles. The summed E-state index contributed by atoms with van der Waals surface area (Å²) in [5, 5.41) is 0. The highest BCUT2D eigenvalue weighted by atomic mass is 16.1. The first kappa shape index (κ1) is 10.7. The van der Waals surface area contributed by atoms with E-state index in [1.807, 2.05) is 6.08 Å². The number of carbonyl (C=O) groups is 1. The van der Waals surface area contributed by atoms with Gasteiger partial charge in [0.2, 0.25) is 0 Å². The minimum absolute atomic E-state index is 0.297. The number of likely N-dealkylation sites (tertiary alicyclic amines) is 1. The molecule has 0 spiro atoms. The minimum Gasteiger partial charge on any atom is -0.370 e. The Balaban J connectivity index is 2.07. The van der Waals surface area contributed by atoms with Gasteiger partial charge in [-0.2, -0.15) is 0 Å². The SMILES string of the molecule is CC1C(N(C)C)CCN1C1=CC(=O)CC1. The lowest BCUT2D eigenvalue weighted by atomic mass is 10.1. The van der Waals surface area contributed by atoms with Gasteiger partial charge in [-0.1, -0.05) is 0 Å². The maximum atomic E-state index is 11.2. The first-order valence-electron chi connectivity index (χ1n) is 5.76. The smallest absolute Gasteiger partial charge is 0.157 e. The molecular formula is C12H20N2O. The highest BCUT2D eigenvalue weighted by molar-refractivity contribution is 5.92. The van der Waals surface area contributed by atoms with E-state index >= 15 is 0 Å². The van der Waals surface area contributed by atoms with Crippen LogP contribution in [0, 0.1) is 0 Å². The fourth-order valence-corrected chi connectivity index (χ4v) is 2.83. The second-order valence-electron chi connectivity index (χ2n) is 4.86. The monoisotopic (exact) mass is 208 g/mol. The van der Waals surface area contributed by atoms with Crippen molar-refractivity contribution in [3.8, 4) is 0 Å². The number of carbonyl (C=O) groups excluding carboxylic acids is 1. The molecule has 1 aliphatic carbocycles. The highest BCUT2D eigenvalue weighted by Crippen LogP contribution is 2.29. The summed E-state index contributed by atoms with van der Waals surface area (Å²) in [5.74, 6) is 0.297. The summed E-state index contributed by atoms with van der Waals surface area (Å²) in [6, 6.07) is 1.17. The Morgan fingerprint density at radius 1 is 1.40 bits per heavy atom. The molecule has 0 aromatic carbocycles. The molecule has 0 bridgehead atoms. The summed E-state index contributed by atoms with van der Waals surface area (Å²) in [6.07, 6.45) is 4.71. The first-order valence-corrected chi connectivity index (χ1v) is 5.76. The van der Waals surface area contributed by atoms with E-state index in [-0.39, 0.29) is 0 Å². The zero-order valence-electron chi connectivity index (χ0n) is 9.86. The molecule has 0 aromatic heterocycles. The molecule has 2 atom stereocenters. The zero-order valence-corrected chi connectivity index (χ0v) is 9.86. The molecule has 0 amide bonds. The molecule has 3 heteroatoms. The van der Waals surface area contributed by atoms with Gasteiger partial charge in [-0.3, -0.25) is 4.79 Å². The quantitative estimate of drug-likeness (QED) is 0.682. The first-order chi connectivity index (χ1) is 7.09. The van der Waals surface area contributed by atoms with E-state index in [1.165, 1.54) is 12.1 Å². The van der Waals surface area contributed by atoms with Gasteiger partial charge < -0.3 is 9.80 Å². The van der Waals surface area contributed by atoms with Crippen molar-refractivity contribution < 1.29 is 4.79 Å². The van der Waals surface area contributed by atoms with E-state index in [2.05, 4.69) is 30.8 Å². The van der Waals surface area contributed by atoms with Crippen molar-refractivity contribution >= 4 is 5.78 Å².